The molecule has 0 aromatic heterocycles. The Labute approximate surface area is 376 Å². The summed E-state index contributed by atoms with van der Waals surface area (Å²) in [6, 6.07) is 0.0178. The maximum absolute atomic E-state index is 13.6. The molecule has 0 saturated carbocycles. The van der Waals surface area contributed by atoms with E-state index in [4.69, 9.17) is 56.8 Å². The molecule has 22 heteroatoms. The summed E-state index contributed by atoms with van der Waals surface area (Å²) in [7, 11) is 3.95. The lowest BCUT2D eigenvalue weighted by Gasteiger charge is -2.09. The van der Waals surface area contributed by atoms with E-state index < -0.39 is 41.4 Å². The molecule has 1 N–H and O–H groups in total. The van der Waals surface area contributed by atoms with Crippen LogP contribution in [-0.4, -0.2) is 188 Å². The molecule has 1 aromatic carbocycles. The third-order valence-corrected chi connectivity index (χ3v) is 11.3. The van der Waals surface area contributed by atoms with Crippen molar-refractivity contribution in [3.05, 3.63) is 29.3 Å². The van der Waals surface area contributed by atoms with Crippen LogP contribution in [0.5, 0.6) is 5.75 Å². The fourth-order valence-electron chi connectivity index (χ4n) is 5.06. The summed E-state index contributed by atoms with van der Waals surface area (Å²) in [6.45, 7) is 9.83. The molecule has 1 saturated heterocycles. The van der Waals surface area contributed by atoms with Crippen molar-refractivity contribution in [3.63, 3.8) is 0 Å². The van der Waals surface area contributed by atoms with Crippen LogP contribution in [0.15, 0.2) is 6.07 Å². The average molecular weight is 954 g/mol. The normalized spacial score (nSPS) is 13.9. The van der Waals surface area contributed by atoms with Crippen LogP contribution in [0.2, 0.25) is 0 Å². The molecular formula is C41H67F4NO15S2. The highest BCUT2D eigenvalue weighted by Gasteiger charge is 2.23. The second-order valence-electron chi connectivity index (χ2n) is 13.3. The zero-order valence-electron chi connectivity index (χ0n) is 36.2. The van der Waals surface area contributed by atoms with E-state index in [0.29, 0.717) is 152 Å². The molecule has 1 aliphatic heterocycles. The summed E-state index contributed by atoms with van der Waals surface area (Å²) in [6.07, 6.45) is 4.75. The van der Waals surface area contributed by atoms with Gasteiger partial charge in [-0.1, -0.05) is 28.0 Å². The van der Waals surface area contributed by atoms with Gasteiger partial charge in [0.25, 0.3) is 0 Å². The summed E-state index contributed by atoms with van der Waals surface area (Å²) < 4.78 is 123. The maximum Gasteiger partial charge on any atom is 0.313 e. The molecule has 63 heavy (non-hydrogen) atoms. The zero-order valence-corrected chi connectivity index (χ0v) is 37.9. The van der Waals surface area contributed by atoms with Crippen LogP contribution in [0.25, 0.3) is 0 Å². The first-order valence-corrected chi connectivity index (χ1v) is 23.8. The summed E-state index contributed by atoms with van der Waals surface area (Å²) in [4.78, 5) is 23.6. The smallest absolute Gasteiger partial charge is 0.313 e. The van der Waals surface area contributed by atoms with Gasteiger partial charge >= 0.3 is 5.97 Å². The molecule has 0 unspecified atom stereocenters. The molecule has 0 radical (unpaired) electrons. The van der Waals surface area contributed by atoms with E-state index in [1.807, 2.05) is 21.6 Å². The highest BCUT2D eigenvalue weighted by atomic mass is 33.1. The molecule has 1 aliphatic rings. The number of rotatable bonds is 45. The molecule has 16 nitrogen and oxygen atoms in total. The molecule has 0 aliphatic carbocycles. The maximum atomic E-state index is 13.6. The van der Waals surface area contributed by atoms with E-state index in [1.165, 1.54) is 18.6 Å². The van der Waals surface area contributed by atoms with Gasteiger partial charge in [-0.15, -0.1) is 0 Å². The van der Waals surface area contributed by atoms with Gasteiger partial charge in [0.1, 0.15) is 0 Å². The minimum atomic E-state index is -1.80. The molecular weight excluding hydrogens is 887 g/mol. The summed E-state index contributed by atoms with van der Waals surface area (Å²) in [5.41, 5.74) is 0. The number of benzene rings is 1. The van der Waals surface area contributed by atoms with Gasteiger partial charge < -0.3 is 66.9 Å². The highest BCUT2D eigenvalue weighted by Crippen LogP contribution is 2.39. The third-order valence-electron chi connectivity index (χ3n) is 8.31. The van der Waals surface area contributed by atoms with E-state index in [0.717, 1.165) is 18.1 Å². The number of esters is 1. The van der Waals surface area contributed by atoms with Crippen LogP contribution in [0.3, 0.4) is 0 Å². The van der Waals surface area contributed by atoms with Crippen molar-refractivity contribution in [2.45, 2.75) is 43.8 Å². The Morgan fingerprint density at radius 3 is 1.24 bits per heavy atom. The number of nitrogens with one attached hydrogen (secondary N) is 1. The minimum absolute atomic E-state index is 0.0178. The van der Waals surface area contributed by atoms with Crippen molar-refractivity contribution in [2.24, 2.45) is 0 Å². The van der Waals surface area contributed by atoms with E-state index in [-0.39, 0.29) is 31.8 Å². The molecule has 2 rings (SSSR count). The third kappa shape index (κ3) is 33.3. The van der Waals surface area contributed by atoms with Crippen molar-refractivity contribution in [2.75, 3.05) is 171 Å². The standard InChI is InChI=1S/C41H67F4NO15S2/c42-35-33-36(43)40(45)41(39(35)44)61-38(48)5-8-49-10-12-51-14-16-53-18-20-55-22-24-57-26-28-59-30-31-60-29-27-58-25-23-56-21-19-54-17-15-52-13-11-50-9-7-46-37(47)4-2-1-3-34-6-32-62-63-34/h33-34H,1-32H2,(H,46,47)/t34-/m1/s1. The first-order chi connectivity index (χ1) is 30.9. The van der Waals surface area contributed by atoms with Crippen molar-refractivity contribution in [1.82, 2.24) is 5.32 Å². The number of halogens is 4. The minimum Gasteiger partial charge on any atom is -0.420 e. The van der Waals surface area contributed by atoms with Gasteiger partial charge in [0.05, 0.1) is 165 Å². The largest absolute Gasteiger partial charge is 0.420 e. The van der Waals surface area contributed by atoms with Crippen molar-refractivity contribution < 1.29 is 88.7 Å². The van der Waals surface area contributed by atoms with Gasteiger partial charge in [0.15, 0.2) is 11.6 Å². The molecule has 1 amide bonds. The second-order valence-corrected chi connectivity index (χ2v) is 16.1. The predicted octanol–water partition coefficient (Wildman–Crippen LogP) is 4.57. The number of ether oxygens (including phenoxy) is 13. The van der Waals surface area contributed by atoms with E-state index in [9.17, 15) is 27.2 Å². The molecule has 1 atom stereocenters. The van der Waals surface area contributed by atoms with E-state index >= 15 is 0 Å². The van der Waals surface area contributed by atoms with Crippen LogP contribution in [0.4, 0.5) is 17.6 Å². The summed E-state index contributed by atoms with van der Waals surface area (Å²) >= 11 is 0. The number of unbranched alkanes of at least 4 members (excludes halogenated alkanes) is 1. The quantitative estimate of drug-likeness (QED) is 0.0241. The number of amides is 1. The van der Waals surface area contributed by atoms with E-state index in [1.54, 1.807) is 0 Å². The molecule has 0 spiro atoms. The van der Waals surface area contributed by atoms with Gasteiger partial charge in [-0.25, -0.2) is 8.78 Å². The Kier molecular flexibility index (Phi) is 37.7. The molecule has 1 fully saturated rings. The van der Waals surface area contributed by atoms with Crippen LogP contribution in [-0.2, 0) is 66.4 Å². The fraction of sp³-hybridized carbons (Fsp3) is 0.805. The lowest BCUT2D eigenvalue weighted by atomic mass is 10.1. The van der Waals surface area contributed by atoms with Crippen molar-refractivity contribution >= 4 is 33.5 Å². The molecule has 1 aromatic rings. The van der Waals surface area contributed by atoms with Crippen LogP contribution < -0.4 is 10.1 Å². The SMILES string of the molecule is O=C(CCCC[C@@H]1CCSS1)NCCOCCOCCOCCOCCOCCOCCOCCOCCOCCOCCOCCOCCC(=O)Oc1c(F)c(F)cc(F)c1F. The first-order valence-electron chi connectivity index (χ1n) is 21.4. The average Bonchev–Trinajstić information content (AvgIpc) is 3.80. The number of hydrogen-bond acceptors (Lipinski definition) is 17. The number of carbonyl (C=O) groups is 2. The van der Waals surface area contributed by atoms with E-state index in [2.05, 4.69) is 10.1 Å². The van der Waals surface area contributed by atoms with Gasteiger partial charge in [0.2, 0.25) is 23.3 Å². The monoisotopic (exact) mass is 953 g/mol. The Balaban J connectivity index is 1.15. The Morgan fingerprint density at radius 2 is 0.873 bits per heavy atom. The fourth-order valence-corrected chi connectivity index (χ4v) is 8.08. The Hall–Kier alpha value is -1.90. The van der Waals surface area contributed by atoms with Gasteiger partial charge in [-0.3, -0.25) is 9.59 Å². The molecule has 0 bridgehead atoms. The van der Waals surface area contributed by atoms with Crippen LogP contribution >= 0.6 is 21.6 Å². The topological polar surface area (TPSA) is 166 Å². The lowest BCUT2D eigenvalue weighted by molar-refractivity contribution is -0.136. The zero-order chi connectivity index (χ0) is 45.3. The second kappa shape index (κ2) is 41.5. The lowest BCUT2D eigenvalue weighted by Crippen LogP contribution is -2.27. The van der Waals surface area contributed by atoms with Gasteiger partial charge in [0, 0.05) is 30.0 Å². The number of hydrogen-bond donors (Lipinski definition) is 1. The van der Waals surface area contributed by atoms with Crippen molar-refractivity contribution in [1.29, 1.82) is 0 Å². The highest BCUT2D eigenvalue weighted by molar-refractivity contribution is 8.77. The van der Waals surface area contributed by atoms with Gasteiger partial charge in [-0.2, -0.15) is 8.78 Å². The first kappa shape index (κ1) is 57.2. The van der Waals surface area contributed by atoms with Gasteiger partial charge in [-0.05, 0) is 19.3 Å². The molecule has 1 heterocycles. The summed E-state index contributed by atoms with van der Waals surface area (Å²) in [5, 5.41) is 3.67. The predicted molar refractivity (Wildman–Crippen MR) is 226 cm³/mol. The van der Waals surface area contributed by atoms with Crippen molar-refractivity contribution in [3.8, 4) is 5.75 Å². The summed E-state index contributed by atoms with van der Waals surface area (Å²) in [5.74, 6) is -8.15. The van der Waals surface area contributed by atoms with Crippen LogP contribution in [0.1, 0.15) is 38.5 Å². The Bertz CT molecular complexity index is 1250. The Morgan fingerprint density at radius 1 is 0.508 bits per heavy atom. The number of carbonyl (C=O) groups excluding carboxylic acids is 2. The molecule has 366 valence electrons. The van der Waals surface area contributed by atoms with Crippen LogP contribution in [0, 0.1) is 23.3 Å².